The average Bonchev–Trinajstić information content (AvgIpc) is 2.72. The fourth-order valence-corrected chi connectivity index (χ4v) is 3.31. The molecule has 2 aromatic rings. The van der Waals surface area contributed by atoms with Gasteiger partial charge in [0.1, 0.15) is 11.9 Å². The molecule has 0 heterocycles. The number of phenols is 1. The number of rotatable bonds is 7. The van der Waals surface area contributed by atoms with Gasteiger partial charge in [0.15, 0.2) is 0 Å². The van der Waals surface area contributed by atoms with Crippen LogP contribution in [-0.2, 0) is 9.53 Å². The number of thioether (sulfide) groups is 1. The highest BCUT2D eigenvalue weighted by atomic mass is 79.9. The molecule has 9 heteroatoms. The van der Waals surface area contributed by atoms with Crippen molar-refractivity contribution in [2.75, 3.05) is 11.6 Å². The summed E-state index contributed by atoms with van der Waals surface area (Å²) < 4.78 is 6.27. The van der Waals surface area contributed by atoms with E-state index in [1.807, 2.05) is 18.4 Å². The smallest absolute Gasteiger partial charge is 0.412 e. The number of hydroxylamine groups is 1. The molecule has 7 nitrogen and oxygen atoms in total. The number of amides is 2. The van der Waals surface area contributed by atoms with Crippen LogP contribution in [0.4, 0.5) is 10.5 Å². The molecule has 0 unspecified atom stereocenters. The van der Waals surface area contributed by atoms with Gasteiger partial charge in [0, 0.05) is 32.6 Å². The van der Waals surface area contributed by atoms with Crippen molar-refractivity contribution in [3.63, 3.8) is 0 Å². The van der Waals surface area contributed by atoms with Crippen LogP contribution in [0.15, 0.2) is 64.0 Å². The number of carbonyl (C=O) groups is 2. The Balaban J connectivity index is 2.23. The maximum absolute atomic E-state index is 12.5. The molecule has 154 valence electrons. The quantitative estimate of drug-likeness (QED) is 0.195. The Morgan fingerprint density at radius 2 is 1.90 bits per heavy atom. The summed E-state index contributed by atoms with van der Waals surface area (Å²) in [7, 11) is 0. The van der Waals surface area contributed by atoms with Gasteiger partial charge in [-0.1, -0.05) is 28.9 Å². The number of benzene rings is 2. The molecule has 0 spiro atoms. The summed E-state index contributed by atoms with van der Waals surface area (Å²) in [6, 6.07) is 12.0. The second kappa shape index (κ2) is 10.9. The average molecular weight is 481 g/mol. The first-order valence-electron chi connectivity index (χ1n) is 8.56. The molecule has 2 rings (SSSR count). The molecule has 2 atom stereocenters. The van der Waals surface area contributed by atoms with Gasteiger partial charge in [0.25, 0.3) is 5.91 Å². The molecular formula is C20H21BrN2O5S. The lowest BCUT2D eigenvalue weighted by Gasteiger charge is -2.23. The van der Waals surface area contributed by atoms with Crippen molar-refractivity contribution in [2.24, 2.45) is 5.92 Å². The molecule has 2 aromatic carbocycles. The van der Waals surface area contributed by atoms with Gasteiger partial charge in [0.05, 0.1) is 0 Å². The Bertz CT molecular complexity index is 889. The highest BCUT2D eigenvalue weighted by Gasteiger charge is 2.25. The number of nitrogens with one attached hydrogen (secondary N) is 2. The van der Waals surface area contributed by atoms with E-state index in [-0.39, 0.29) is 5.75 Å². The molecule has 4 N–H and O–H groups in total. The summed E-state index contributed by atoms with van der Waals surface area (Å²) >= 11 is 4.92. The highest BCUT2D eigenvalue weighted by molar-refractivity contribution is 9.10. The standard InChI is InChI=1S/C20H21BrN2O5S/c1-12(3-10-18(25)23-27)19(16-11-13(21)4-9-17(16)24)28-20(26)22-14-5-7-15(29-2)8-6-14/h3-12,19,24,27H,1-2H3,(H,22,26)(H,23,25)/b10-3+/t12-,19-/m1/s1. The van der Waals surface area contributed by atoms with Gasteiger partial charge in [0.2, 0.25) is 0 Å². The highest BCUT2D eigenvalue weighted by Crippen LogP contribution is 2.35. The van der Waals surface area contributed by atoms with Crippen molar-refractivity contribution >= 4 is 45.4 Å². The van der Waals surface area contributed by atoms with Crippen molar-refractivity contribution in [3.05, 3.63) is 64.7 Å². The fraction of sp³-hybridized carbons (Fsp3) is 0.200. The molecule has 0 aliphatic carbocycles. The molecular weight excluding hydrogens is 460 g/mol. The van der Waals surface area contributed by atoms with Crippen LogP contribution in [0.5, 0.6) is 5.75 Å². The first-order chi connectivity index (χ1) is 13.8. The number of halogens is 1. The molecule has 0 aliphatic rings. The second-order valence-corrected chi connectivity index (χ2v) is 7.87. The van der Waals surface area contributed by atoms with E-state index >= 15 is 0 Å². The normalized spacial score (nSPS) is 13.0. The molecule has 0 fully saturated rings. The van der Waals surface area contributed by atoms with Crippen molar-refractivity contribution in [1.82, 2.24) is 5.48 Å². The zero-order valence-corrected chi connectivity index (χ0v) is 18.2. The van der Waals surface area contributed by atoms with E-state index < -0.39 is 24.0 Å². The molecule has 0 radical (unpaired) electrons. The van der Waals surface area contributed by atoms with Gasteiger partial charge >= 0.3 is 6.09 Å². The van der Waals surface area contributed by atoms with Crippen LogP contribution in [0.1, 0.15) is 18.6 Å². The van der Waals surface area contributed by atoms with E-state index in [4.69, 9.17) is 9.94 Å². The number of phenolic OH excluding ortho intramolecular Hbond substituents is 1. The van der Waals surface area contributed by atoms with E-state index in [2.05, 4.69) is 21.2 Å². The minimum Gasteiger partial charge on any atom is -0.508 e. The van der Waals surface area contributed by atoms with E-state index in [1.54, 1.807) is 43.0 Å². The van der Waals surface area contributed by atoms with Gasteiger partial charge < -0.3 is 9.84 Å². The molecule has 0 saturated heterocycles. The lowest BCUT2D eigenvalue weighted by Crippen LogP contribution is -2.22. The fourth-order valence-electron chi connectivity index (χ4n) is 2.52. The number of aromatic hydroxyl groups is 1. The maximum atomic E-state index is 12.5. The Morgan fingerprint density at radius 1 is 1.21 bits per heavy atom. The Hall–Kier alpha value is -2.49. The summed E-state index contributed by atoms with van der Waals surface area (Å²) in [4.78, 5) is 24.8. The van der Waals surface area contributed by atoms with Gasteiger partial charge in [-0.2, -0.15) is 0 Å². The topological polar surface area (TPSA) is 108 Å². The first kappa shape index (κ1) is 22.8. The van der Waals surface area contributed by atoms with Crippen LogP contribution < -0.4 is 10.8 Å². The van der Waals surface area contributed by atoms with Crippen LogP contribution >= 0.6 is 27.7 Å². The predicted octanol–water partition coefficient (Wildman–Crippen LogP) is 4.86. The summed E-state index contributed by atoms with van der Waals surface area (Å²) in [5, 5.41) is 21.5. The Kier molecular flexibility index (Phi) is 8.56. The predicted molar refractivity (Wildman–Crippen MR) is 115 cm³/mol. The minimum absolute atomic E-state index is 0.0535. The van der Waals surface area contributed by atoms with Gasteiger partial charge in [-0.25, -0.2) is 10.3 Å². The Labute approximate surface area is 181 Å². The Morgan fingerprint density at radius 3 is 2.52 bits per heavy atom. The van der Waals surface area contributed by atoms with E-state index in [1.165, 1.54) is 17.6 Å². The van der Waals surface area contributed by atoms with Gasteiger partial charge in [-0.3, -0.25) is 15.3 Å². The lowest BCUT2D eigenvalue weighted by atomic mass is 9.96. The van der Waals surface area contributed by atoms with E-state index in [9.17, 15) is 14.7 Å². The lowest BCUT2D eigenvalue weighted by molar-refractivity contribution is -0.124. The summed E-state index contributed by atoms with van der Waals surface area (Å²) in [5.74, 6) is -1.26. The first-order valence-corrected chi connectivity index (χ1v) is 10.6. The number of hydrogen-bond acceptors (Lipinski definition) is 6. The van der Waals surface area contributed by atoms with Gasteiger partial charge in [-0.05, 0) is 48.7 Å². The number of anilines is 1. The SMILES string of the molecule is CSc1ccc(NC(=O)O[C@@H](c2cc(Br)ccc2O)[C@H](C)/C=C/C(=O)NO)cc1. The van der Waals surface area contributed by atoms with Crippen molar-refractivity contribution in [3.8, 4) is 5.75 Å². The molecule has 29 heavy (non-hydrogen) atoms. The third-order valence-corrected chi connectivity index (χ3v) is 5.24. The van der Waals surface area contributed by atoms with Crippen LogP contribution in [0.25, 0.3) is 0 Å². The molecule has 0 aliphatic heterocycles. The summed E-state index contributed by atoms with van der Waals surface area (Å²) in [6.07, 6.45) is 2.95. The molecule has 2 amide bonds. The van der Waals surface area contributed by atoms with Crippen molar-refractivity contribution < 1.29 is 24.6 Å². The number of carbonyl (C=O) groups excluding carboxylic acids is 2. The second-order valence-electron chi connectivity index (χ2n) is 6.08. The minimum atomic E-state index is -0.888. The van der Waals surface area contributed by atoms with E-state index in [0.717, 1.165) is 11.0 Å². The van der Waals surface area contributed by atoms with Gasteiger partial charge in [-0.15, -0.1) is 11.8 Å². The molecule has 0 saturated carbocycles. The van der Waals surface area contributed by atoms with Crippen molar-refractivity contribution in [1.29, 1.82) is 0 Å². The summed E-state index contributed by atoms with van der Waals surface area (Å²) in [5.41, 5.74) is 2.43. The van der Waals surface area contributed by atoms with Crippen LogP contribution in [0.2, 0.25) is 0 Å². The number of hydrogen-bond donors (Lipinski definition) is 4. The van der Waals surface area contributed by atoms with Crippen LogP contribution in [0.3, 0.4) is 0 Å². The van der Waals surface area contributed by atoms with Crippen LogP contribution in [0, 0.1) is 5.92 Å². The summed E-state index contributed by atoms with van der Waals surface area (Å²) in [6.45, 7) is 1.71. The molecule has 0 aromatic heterocycles. The largest absolute Gasteiger partial charge is 0.508 e. The monoisotopic (exact) mass is 480 g/mol. The van der Waals surface area contributed by atoms with Crippen LogP contribution in [-0.4, -0.2) is 28.6 Å². The third kappa shape index (κ3) is 6.81. The van der Waals surface area contributed by atoms with Crippen molar-refractivity contribution in [2.45, 2.75) is 17.9 Å². The third-order valence-electron chi connectivity index (χ3n) is 4.01. The zero-order chi connectivity index (χ0) is 21.4. The number of ether oxygens (including phenoxy) is 1. The zero-order valence-electron chi connectivity index (χ0n) is 15.8. The maximum Gasteiger partial charge on any atom is 0.412 e. The van der Waals surface area contributed by atoms with E-state index in [0.29, 0.717) is 15.7 Å². The molecule has 0 bridgehead atoms.